The summed E-state index contributed by atoms with van der Waals surface area (Å²) < 4.78 is 31.4. The van der Waals surface area contributed by atoms with Gasteiger partial charge in [-0.15, -0.1) is 0 Å². The van der Waals surface area contributed by atoms with E-state index in [-0.39, 0.29) is 23.9 Å². The summed E-state index contributed by atoms with van der Waals surface area (Å²) in [5.74, 6) is -1.63. The van der Waals surface area contributed by atoms with E-state index in [1.165, 1.54) is 6.92 Å². The number of rotatable bonds is 4. The maximum Gasteiger partial charge on any atom is 0.325 e. The van der Waals surface area contributed by atoms with Crippen molar-refractivity contribution in [2.45, 2.75) is 26.9 Å². The van der Waals surface area contributed by atoms with Crippen molar-refractivity contribution in [2.24, 2.45) is 0 Å². The second-order valence-electron chi connectivity index (χ2n) is 3.97. The van der Waals surface area contributed by atoms with Gasteiger partial charge in [-0.05, 0) is 32.4 Å². The van der Waals surface area contributed by atoms with Crippen LogP contribution in [-0.2, 0) is 9.53 Å². The van der Waals surface area contributed by atoms with Crippen molar-refractivity contribution in [3.63, 3.8) is 0 Å². The molecule has 1 aromatic rings. The summed E-state index contributed by atoms with van der Waals surface area (Å²) in [6.45, 7) is 4.70. The van der Waals surface area contributed by atoms with Crippen LogP contribution in [0.3, 0.4) is 0 Å². The Balaban J connectivity index is 2.63. The molecule has 1 rings (SSSR count). The molecule has 0 aliphatic heterocycles. The van der Waals surface area contributed by atoms with Crippen LogP contribution in [0.25, 0.3) is 0 Å². The molecule has 0 bridgehead atoms. The Kier molecular flexibility index (Phi) is 4.43. The van der Waals surface area contributed by atoms with Crippen molar-refractivity contribution >= 4 is 11.7 Å². The molecule has 0 heterocycles. The molecule has 0 radical (unpaired) electrons. The third-order valence-electron chi connectivity index (χ3n) is 2.04. The van der Waals surface area contributed by atoms with Crippen LogP contribution < -0.4 is 5.32 Å². The van der Waals surface area contributed by atoms with Crippen LogP contribution in [-0.4, -0.2) is 18.6 Å². The van der Waals surface area contributed by atoms with E-state index in [0.717, 1.165) is 12.1 Å². The zero-order chi connectivity index (χ0) is 13.0. The van der Waals surface area contributed by atoms with Crippen LogP contribution in [0.2, 0.25) is 0 Å². The first-order chi connectivity index (χ1) is 7.90. The minimum Gasteiger partial charge on any atom is -0.462 e. The molecule has 94 valence electrons. The zero-order valence-electron chi connectivity index (χ0n) is 10.0. The van der Waals surface area contributed by atoms with Gasteiger partial charge in [-0.2, -0.15) is 0 Å². The number of carbonyl (C=O) groups excluding carboxylic acids is 1. The van der Waals surface area contributed by atoms with Crippen molar-refractivity contribution in [3.05, 3.63) is 29.3 Å². The smallest absolute Gasteiger partial charge is 0.325 e. The second kappa shape index (κ2) is 5.61. The van der Waals surface area contributed by atoms with Crippen molar-refractivity contribution in [3.8, 4) is 0 Å². The van der Waals surface area contributed by atoms with Gasteiger partial charge in [0.05, 0.1) is 11.8 Å². The lowest BCUT2D eigenvalue weighted by Crippen LogP contribution is -2.20. The van der Waals surface area contributed by atoms with E-state index in [1.807, 2.05) is 0 Å². The standard InChI is InChI=1S/C12H15F2NO2/c1-7(2)17-12(16)6-15-11-5-9(13)8(3)4-10(11)14/h4-5,7,15H,6H2,1-3H3. The third-order valence-corrected chi connectivity index (χ3v) is 2.04. The fraction of sp³-hybridized carbons (Fsp3) is 0.417. The highest BCUT2D eigenvalue weighted by molar-refractivity contribution is 5.75. The van der Waals surface area contributed by atoms with Crippen molar-refractivity contribution in [1.29, 1.82) is 0 Å². The molecule has 0 aliphatic carbocycles. The highest BCUT2D eigenvalue weighted by atomic mass is 19.1. The minimum absolute atomic E-state index is 0.0474. The first-order valence-corrected chi connectivity index (χ1v) is 5.29. The highest BCUT2D eigenvalue weighted by Crippen LogP contribution is 2.18. The summed E-state index contributed by atoms with van der Waals surface area (Å²) in [5.41, 5.74) is 0.173. The molecule has 3 nitrogen and oxygen atoms in total. The average molecular weight is 243 g/mol. The lowest BCUT2D eigenvalue weighted by molar-refractivity contribution is -0.145. The maximum absolute atomic E-state index is 13.4. The van der Waals surface area contributed by atoms with Gasteiger partial charge in [0, 0.05) is 6.07 Å². The predicted molar refractivity (Wildman–Crippen MR) is 60.8 cm³/mol. The number of nitrogens with one attached hydrogen (secondary N) is 1. The number of esters is 1. The van der Waals surface area contributed by atoms with Gasteiger partial charge < -0.3 is 10.1 Å². The van der Waals surface area contributed by atoms with E-state index < -0.39 is 17.6 Å². The number of hydrogen-bond acceptors (Lipinski definition) is 3. The largest absolute Gasteiger partial charge is 0.462 e. The molecule has 0 saturated heterocycles. The van der Waals surface area contributed by atoms with Crippen LogP contribution in [0, 0.1) is 18.6 Å². The first-order valence-electron chi connectivity index (χ1n) is 5.29. The molecule has 0 atom stereocenters. The number of ether oxygens (including phenoxy) is 1. The van der Waals surface area contributed by atoms with E-state index in [1.54, 1.807) is 13.8 Å². The van der Waals surface area contributed by atoms with Gasteiger partial charge in [0.25, 0.3) is 0 Å². The molecule has 1 N–H and O–H groups in total. The summed E-state index contributed by atoms with van der Waals surface area (Å²) in [6.07, 6.45) is -0.232. The Labute approximate surface area is 98.8 Å². The molecule has 1 aromatic carbocycles. The van der Waals surface area contributed by atoms with Gasteiger partial charge in [0.15, 0.2) is 0 Å². The molecule has 17 heavy (non-hydrogen) atoms. The Morgan fingerprint density at radius 1 is 1.35 bits per heavy atom. The molecule has 0 amide bonds. The average Bonchev–Trinajstić information content (AvgIpc) is 2.20. The van der Waals surface area contributed by atoms with Crippen molar-refractivity contribution in [2.75, 3.05) is 11.9 Å². The Morgan fingerprint density at radius 3 is 2.59 bits per heavy atom. The van der Waals surface area contributed by atoms with Gasteiger partial charge >= 0.3 is 5.97 Å². The fourth-order valence-corrected chi connectivity index (χ4v) is 1.25. The topological polar surface area (TPSA) is 38.3 Å². The Bertz CT molecular complexity index is 419. The lowest BCUT2D eigenvalue weighted by Gasteiger charge is -2.10. The molecule has 0 spiro atoms. The van der Waals surface area contributed by atoms with Gasteiger partial charge in [0.1, 0.15) is 18.2 Å². The number of aryl methyl sites for hydroxylation is 1. The second-order valence-corrected chi connectivity index (χ2v) is 3.97. The van der Waals surface area contributed by atoms with E-state index >= 15 is 0 Å². The van der Waals surface area contributed by atoms with E-state index in [4.69, 9.17) is 4.74 Å². The fourth-order valence-electron chi connectivity index (χ4n) is 1.25. The van der Waals surface area contributed by atoms with Crippen molar-refractivity contribution < 1.29 is 18.3 Å². The molecular weight excluding hydrogens is 228 g/mol. The predicted octanol–water partition coefficient (Wildman–Crippen LogP) is 2.64. The van der Waals surface area contributed by atoms with E-state index in [0.29, 0.717) is 0 Å². The number of carbonyl (C=O) groups is 1. The third kappa shape index (κ3) is 4.01. The number of halogens is 2. The number of hydrogen-bond donors (Lipinski definition) is 1. The molecule has 5 heteroatoms. The summed E-state index contributed by atoms with van der Waals surface area (Å²) in [4.78, 5) is 11.2. The van der Waals surface area contributed by atoms with Crippen LogP contribution in [0.5, 0.6) is 0 Å². The number of anilines is 1. The van der Waals surface area contributed by atoms with Crippen LogP contribution in [0.15, 0.2) is 12.1 Å². The highest BCUT2D eigenvalue weighted by Gasteiger charge is 2.10. The van der Waals surface area contributed by atoms with Gasteiger partial charge in [0.2, 0.25) is 0 Å². The number of benzene rings is 1. The summed E-state index contributed by atoms with van der Waals surface area (Å²) in [5, 5.41) is 2.50. The molecular formula is C12H15F2NO2. The van der Waals surface area contributed by atoms with Gasteiger partial charge in [-0.1, -0.05) is 0 Å². The van der Waals surface area contributed by atoms with Gasteiger partial charge in [-0.25, -0.2) is 8.78 Å². The minimum atomic E-state index is -0.596. The van der Waals surface area contributed by atoms with Crippen molar-refractivity contribution in [1.82, 2.24) is 0 Å². The molecule has 0 aliphatic rings. The lowest BCUT2D eigenvalue weighted by atomic mass is 10.2. The van der Waals surface area contributed by atoms with Crippen LogP contribution in [0.4, 0.5) is 14.5 Å². The van der Waals surface area contributed by atoms with E-state index in [2.05, 4.69) is 5.32 Å². The molecule has 0 aromatic heterocycles. The summed E-state index contributed by atoms with van der Waals surface area (Å²) in [7, 11) is 0. The van der Waals surface area contributed by atoms with Crippen LogP contribution in [0.1, 0.15) is 19.4 Å². The molecule has 0 unspecified atom stereocenters. The molecule has 0 saturated carbocycles. The Morgan fingerprint density at radius 2 is 2.00 bits per heavy atom. The SMILES string of the molecule is Cc1cc(F)c(NCC(=O)OC(C)C)cc1F. The summed E-state index contributed by atoms with van der Waals surface area (Å²) in [6, 6.07) is 2.10. The zero-order valence-corrected chi connectivity index (χ0v) is 10.0. The quantitative estimate of drug-likeness (QED) is 0.826. The van der Waals surface area contributed by atoms with E-state index in [9.17, 15) is 13.6 Å². The Hall–Kier alpha value is -1.65. The van der Waals surface area contributed by atoms with Gasteiger partial charge in [-0.3, -0.25) is 4.79 Å². The summed E-state index contributed by atoms with van der Waals surface area (Å²) >= 11 is 0. The monoisotopic (exact) mass is 243 g/mol. The van der Waals surface area contributed by atoms with Crippen LogP contribution >= 0.6 is 0 Å². The molecule has 0 fully saturated rings. The maximum atomic E-state index is 13.4. The first kappa shape index (κ1) is 13.4. The normalized spacial score (nSPS) is 10.5.